The Balaban J connectivity index is 1.80. The Hall–Kier alpha value is -3.41. The van der Waals surface area contributed by atoms with E-state index in [2.05, 4.69) is 14.7 Å². The normalized spacial score (nSPS) is 10.3. The van der Waals surface area contributed by atoms with Crippen LogP contribution in [0.1, 0.15) is 12.0 Å². The van der Waals surface area contributed by atoms with E-state index in [-0.39, 0.29) is 5.97 Å². The predicted octanol–water partition coefficient (Wildman–Crippen LogP) is 4.05. The highest BCUT2D eigenvalue weighted by molar-refractivity contribution is 5.73. The van der Waals surface area contributed by atoms with Gasteiger partial charge in [-0.05, 0) is 48.4 Å². The zero-order valence-corrected chi connectivity index (χ0v) is 15.2. The lowest BCUT2D eigenvalue weighted by atomic mass is 10.1. The molecule has 6 nitrogen and oxygen atoms in total. The first kappa shape index (κ1) is 18.4. The number of aromatic nitrogens is 2. The molecular formula is C21H20N2O4. The zero-order chi connectivity index (χ0) is 19.1. The maximum absolute atomic E-state index is 11.2. The maximum Gasteiger partial charge on any atom is 0.305 e. The van der Waals surface area contributed by atoms with E-state index in [0.717, 1.165) is 16.7 Å². The molecule has 3 aromatic rings. The summed E-state index contributed by atoms with van der Waals surface area (Å²) in [4.78, 5) is 19.8. The lowest BCUT2D eigenvalue weighted by Gasteiger charge is -2.12. The molecule has 0 atom stereocenters. The van der Waals surface area contributed by atoms with E-state index in [1.165, 1.54) is 7.11 Å². The van der Waals surface area contributed by atoms with Gasteiger partial charge in [-0.1, -0.05) is 12.1 Å². The SMILES string of the molecule is COC(=O)CCc1ccc(Oc2ncccc2-c2cccnc2OC)cc1. The van der Waals surface area contributed by atoms with Gasteiger partial charge in [0.25, 0.3) is 0 Å². The Labute approximate surface area is 157 Å². The Morgan fingerprint density at radius 1 is 0.889 bits per heavy atom. The van der Waals surface area contributed by atoms with Gasteiger partial charge in [0.2, 0.25) is 11.8 Å². The second-order valence-electron chi connectivity index (χ2n) is 5.74. The van der Waals surface area contributed by atoms with Crippen LogP contribution in [-0.2, 0) is 16.0 Å². The van der Waals surface area contributed by atoms with Crippen molar-refractivity contribution in [1.29, 1.82) is 0 Å². The molecule has 138 valence electrons. The zero-order valence-electron chi connectivity index (χ0n) is 15.2. The number of benzene rings is 1. The van der Waals surface area contributed by atoms with Gasteiger partial charge in [0.05, 0.1) is 14.2 Å². The quantitative estimate of drug-likeness (QED) is 0.589. The van der Waals surface area contributed by atoms with Crippen molar-refractivity contribution >= 4 is 5.97 Å². The second-order valence-corrected chi connectivity index (χ2v) is 5.74. The molecule has 3 rings (SSSR count). The Bertz CT molecular complexity index is 910. The maximum atomic E-state index is 11.2. The average Bonchev–Trinajstić information content (AvgIpc) is 2.73. The fraction of sp³-hybridized carbons (Fsp3) is 0.190. The number of aryl methyl sites for hydroxylation is 1. The van der Waals surface area contributed by atoms with E-state index in [4.69, 9.17) is 9.47 Å². The number of rotatable bonds is 7. The summed E-state index contributed by atoms with van der Waals surface area (Å²) in [6, 6.07) is 15.0. The summed E-state index contributed by atoms with van der Waals surface area (Å²) in [5.74, 6) is 1.40. The molecule has 0 spiro atoms. The van der Waals surface area contributed by atoms with Crippen molar-refractivity contribution in [3.05, 3.63) is 66.5 Å². The van der Waals surface area contributed by atoms with Gasteiger partial charge in [-0.2, -0.15) is 0 Å². The van der Waals surface area contributed by atoms with E-state index in [0.29, 0.717) is 30.4 Å². The largest absolute Gasteiger partial charge is 0.481 e. The molecule has 27 heavy (non-hydrogen) atoms. The minimum Gasteiger partial charge on any atom is -0.481 e. The number of nitrogens with zero attached hydrogens (tertiary/aromatic N) is 2. The summed E-state index contributed by atoms with van der Waals surface area (Å²) in [6.45, 7) is 0. The average molecular weight is 364 g/mol. The van der Waals surface area contributed by atoms with Gasteiger partial charge >= 0.3 is 5.97 Å². The molecule has 0 saturated carbocycles. The fourth-order valence-electron chi connectivity index (χ4n) is 2.62. The van der Waals surface area contributed by atoms with Crippen molar-refractivity contribution in [2.45, 2.75) is 12.8 Å². The highest BCUT2D eigenvalue weighted by atomic mass is 16.5. The first-order valence-corrected chi connectivity index (χ1v) is 8.49. The molecule has 0 N–H and O–H groups in total. The van der Waals surface area contributed by atoms with Crippen LogP contribution in [0, 0.1) is 0 Å². The predicted molar refractivity (Wildman–Crippen MR) is 101 cm³/mol. The molecule has 2 aromatic heterocycles. The van der Waals surface area contributed by atoms with Crippen LogP contribution in [0.15, 0.2) is 60.9 Å². The van der Waals surface area contributed by atoms with Crippen LogP contribution >= 0.6 is 0 Å². The Morgan fingerprint density at radius 2 is 1.52 bits per heavy atom. The molecular weight excluding hydrogens is 344 g/mol. The van der Waals surface area contributed by atoms with Crippen LogP contribution in [-0.4, -0.2) is 30.2 Å². The van der Waals surface area contributed by atoms with Crippen molar-refractivity contribution in [3.63, 3.8) is 0 Å². The van der Waals surface area contributed by atoms with Crippen molar-refractivity contribution in [1.82, 2.24) is 9.97 Å². The number of esters is 1. The van der Waals surface area contributed by atoms with Crippen molar-refractivity contribution in [2.75, 3.05) is 14.2 Å². The van der Waals surface area contributed by atoms with E-state index >= 15 is 0 Å². The van der Waals surface area contributed by atoms with E-state index in [9.17, 15) is 4.79 Å². The molecule has 2 heterocycles. The topological polar surface area (TPSA) is 70.5 Å². The Kier molecular flexibility index (Phi) is 5.99. The molecule has 1 aromatic carbocycles. The van der Waals surface area contributed by atoms with Gasteiger partial charge in [0.1, 0.15) is 5.75 Å². The number of ether oxygens (including phenoxy) is 3. The number of methoxy groups -OCH3 is 2. The number of carbonyl (C=O) groups is 1. The van der Waals surface area contributed by atoms with E-state index < -0.39 is 0 Å². The molecule has 0 unspecified atom stereocenters. The molecule has 0 fully saturated rings. The third kappa shape index (κ3) is 4.61. The van der Waals surface area contributed by atoms with Crippen LogP contribution in [0.2, 0.25) is 0 Å². The van der Waals surface area contributed by atoms with Crippen molar-refractivity contribution in [3.8, 4) is 28.6 Å². The van der Waals surface area contributed by atoms with Crippen LogP contribution in [0.3, 0.4) is 0 Å². The smallest absolute Gasteiger partial charge is 0.305 e. The first-order chi connectivity index (χ1) is 13.2. The van der Waals surface area contributed by atoms with Gasteiger partial charge < -0.3 is 14.2 Å². The summed E-state index contributed by atoms with van der Waals surface area (Å²) < 4.78 is 16.0. The van der Waals surface area contributed by atoms with Gasteiger partial charge in [-0.15, -0.1) is 0 Å². The third-order valence-electron chi connectivity index (χ3n) is 4.01. The first-order valence-electron chi connectivity index (χ1n) is 8.49. The second kappa shape index (κ2) is 8.80. The summed E-state index contributed by atoms with van der Waals surface area (Å²) in [5.41, 5.74) is 2.62. The summed E-state index contributed by atoms with van der Waals surface area (Å²) in [7, 11) is 2.97. The minimum absolute atomic E-state index is 0.223. The molecule has 0 bridgehead atoms. The number of hydrogen-bond acceptors (Lipinski definition) is 6. The van der Waals surface area contributed by atoms with Gasteiger partial charge in [-0.25, -0.2) is 9.97 Å². The molecule has 0 radical (unpaired) electrons. The highest BCUT2D eigenvalue weighted by Gasteiger charge is 2.13. The number of carbonyl (C=O) groups excluding carboxylic acids is 1. The molecule has 0 aliphatic carbocycles. The summed E-state index contributed by atoms with van der Waals surface area (Å²) >= 11 is 0. The van der Waals surface area contributed by atoms with E-state index in [1.807, 2.05) is 48.5 Å². The van der Waals surface area contributed by atoms with Gasteiger partial charge in [-0.3, -0.25) is 4.79 Å². The lowest BCUT2D eigenvalue weighted by molar-refractivity contribution is -0.140. The highest BCUT2D eigenvalue weighted by Crippen LogP contribution is 2.35. The minimum atomic E-state index is -0.223. The van der Waals surface area contributed by atoms with Crippen molar-refractivity contribution < 1.29 is 19.0 Å². The molecule has 0 amide bonds. The van der Waals surface area contributed by atoms with Gasteiger partial charge in [0, 0.05) is 29.9 Å². The molecule has 0 saturated heterocycles. The monoisotopic (exact) mass is 364 g/mol. The van der Waals surface area contributed by atoms with E-state index in [1.54, 1.807) is 19.5 Å². The van der Waals surface area contributed by atoms with Crippen LogP contribution in [0.4, 0.5) is 0 Å². The number of pyridine rings is 2. The van der Waals surface area contributed by atoms with Crippen LogP contribution in [0.5, 0.6) is 17.5 Å². The molecule has 0 aliphatic rings. The van der Waals surface area contributed by atoms with Gasteiger partial charge in [0.15, 0.2) is 0 Å². The van der Waals surface area contributed by atoms with Crippen LogP contribution < -0.4 is 9.47 Å². The summed E-state index contributed by atoms with van der Waals surface area (Å²) in [6.07, 6.45) is 4.31. The summed E-state index contributed by atoms with van der Waals surface area (Å²) in [5, 5.41) is 0. The fourth-order valence-corrected chi connectivity index (χ4v) is 2.62. The number of hydrogen-bond donors (Lipinski definition) is 0. The molecule has 0 aliphatic heterocycles. The third-order valence-corrected chi connectivity index (χ3v) is 4.01. The van der Waals surface area contributed by atoms with Crippen LogP contribution in [0.25, 0.3) is 11.1 Å². The molecule has 6 heteroatoms. The standard InChI is InChI=1S/C21H20N2O4/c1-25-19(24)12-9-15-7-10-16(11-8-15)27-21-18(6-4-14-23-21)17-5-3-13-22-20(17)26-2/h3-8,10-11,13-14H,9,12H2,1-2H3. The lowest BCUT2D eigenvalue weighted by Crippen LogP contribution is -2.01. The van der Waals surface area contributed by atoms with Crippen molar-refractivity contribution in [2.24, 2.45) is 0 Å². The Morgan fingerprint density at radius 3 is 2.15 bits per heavy atom.